The number of ketones is 1. The highest BCUT2D eigenvalue weighted by Gasteiger charge is 2.49. The van der Waals surface area contributed by atoms with Crippen molar-refractivity contribution in [3.05, 3.63) is 65.5 Å². The van der Waals surface area contributed by atoms with E-state index in [0.717, 1.165) is 6.07 Å². The molecule has 3 nitrogen and oxygen atoms in total. The molecule has 1 amide bonds. The third-order valence-corrected chi connectivity index (χ3v) is 3.83. The topological polar surface area (TPSA) is 46.2 Å². The average Bonchev–Trinajstić information content (AvgIpc) is 2.47. The summed E-state index contributed by atoms with van der Waals surface area (Å²) in [7, 11) is 0. The number of hydrogen-bond acceptors (Lipinski definition) is 2. The maximum atomic E-state index is 13.3. The summed E-state index contributed by atoms with van der Waals surface area (Å²) in [5.41, 5.74) is 0.705. The predicted molar refractivity (Wildman–Crippen MR) is 73.3 cm³/mol. The van der Waals surface area contributed by atoms with E-state index in [0.29, 0.717) is 5.56 Å². The van der Waals surface area contributed by atoms with Crippen molar-refractivity contribution in [2.24, 2.45) is 0 Å². The fourth-order valence-electron chi connectivity index (χ4n) is 2.24. The number of anilines is 1. The maximum Gasteiger partial charge on any atom is 0.258 e. The van der Waals surface area contributed by atoms with Crippen molar-refractivity contribution in [3.63, 3.8) is 0 Å². The van der Waals surface area contributed by atoms with Crippen LogP contribution in [0.5, 0.6) is 0 Å². The lowest BCUT2D eigenvalue weighted by molar-refractivity contribution is -0.117. The molecule has 1 heterocycles. The van der Waals surface area contributed by atoms with Gasteiger partial charge < -0.3 is 5.32 Å². The van der Waals surface area contributed by atoms with E-state index in [1.165, 1.54) is 12.1 Å². The maximum absolute atomic E-state index is 13.3. The summed E-state index contributed by atoms with van der Waals surface area (Å²) in [6.07, 6.45) is 0. The molecule has 0 bridgehead atoms. The Labute approximate surface area is 119 Å². The van der Waals surface area contributed by atoms with Crippen LogP contribution in [0.1, 0.15) is 15.9 Å². The number of carbonyl (C=O) groups is 2. The van der Waals surface area contributed by atoms with Crippen molar-refractivity contribution < 1.29 is 14.0 Å². The van der Waals surface area contributed by atoms with Crippen LogP contribution in [0.15, 0.2) is 48.5 Å². The minimum Gasteiger partial charge on any atom is -0.323 e. The third kappa shape index (κ3) is 1.72. The first-order valence-electron chi connectivity index (χ1n) is 5.93. The molecule has 0 unspecified atom stereocenters. The molecule has 1 aliphatic rings. The number of amides is 1. The summed E-state index contributed by atoms with van der Waals surface area (Å²) in [5, 5.41) is 2.55. The molecule has 0 spiro atoms. The van der Waals surface area contributed by atoms with Gasteiger partial charge in [-0.25, -0.2) is 4.39 Å². The summed E-state index contributed by atoms with van der Waals surface area (Å²) in [6.45, 7) is 0. The van der Waals surface area contributed by atoms with Crippen LogP contribution in [-0.2, 0) is 9.67 Å². The van der Waals surface area contributed by atoms with Gasteiger partial charge in [-0.15, -0.1) is 0 Å². The number of nitrogens with one attached hydrogen (secondary N) is 1. The van der Waals surface area contributed by atoms with Crippen LogP contribution in [0.3, 0.4) is 0 Å². The van der Waals surface area contributed by atoms with E-state index in [1.54, 1.807) is 30.3 Å². The Kier molecular flexibility index (Phi) is 2.83. The van der Waals surface area contributed by atoms with Gasteiger partial charge in [0.1, 0.15) is 5.82 Å². The van der Waals surface area contributed by atoms with Crippen molar-refractivity contribution in [1.29, 1.82) is 0 Å². The van der Waals surface area contributed by atoms with E-state index in [1.807, 2.05) is 0 Å². The third-order valence-electron chi connectivity index (χ3n) is 3.27. The summed E-state index contributed by atoms with van der Waals surface area (Å²) >= 11 is 6.30. The molecule has 0 fully saturated rings. The molecule has 2 aromatic carbocycles. The van der Waals surface area contributed by atoms with Crippen LogP contribution in [-0.4, -0.2) is 11.7 Å². The van der Waals surface area contributed by atoms with Gasteiger partial charge in [0.2, 0.25) is 4.87 Å². The first-order chi connectivity index (χ1) is 9.53. The van der Waals surface area contributed by atoms with E-state index in [2.05, 4.69) is 5.32 Å². The van der Waals surface area contributed by atoms with E-state index in [4.69, 9.17) is 11.6 Å². The average molecular weight is 290 g/mol. The van der Waals surface area contributed by atoms with Gasteiger partial charge in [-0.1, -0.05) is 41.9 Å². The zero-order valence-corrected chi connectivity index (χ0v) is 10.9. The van der Waals surface area contributed by atoms with Gasteiger partial charge in [0.25, 0.3) is 5.91 Å². The van der Waals surface area contributed by atoms with E-state index in [9.17, 15) is 14.0 Å². The number of Topliss-reactive ketones (excluding diaryl/α,β-unsaturated/α-hetero) is 1. The minimum absolute atomic E-state index is 0.0726. The lowest BCUT2D eigenvalue weighted by Gasteiger charge is -2.30. The normalized spacial score (nSPS) is 21.3. The highest BCUT2D eigenvalue weighted by molar-refractivity contribution is 6.51. The van der Waals surface area contributed by atoms with Crippen LogP contribution < -0.4 is 5.32 Å². The van der Waals surface area contributed by atoms with E-state index in [-0.39, 0.29) is 11.3 Å². The van der Waals surface area contributed by atoms with Gasteiger partial charge in [-0.3, -0.25) is 9.59 Å². The van der Waals surface area contributed by atoms with Crippen molar-refractivity contribution in [2.45, 2.75) is 4.87 Å². The summed E-state index contributed by atoms with van der Waals surface area (Å²) < 4.78 is 13.3. The van der Waals surface area contributed by atoms with E-state index >= 15 is 0 Å². The zero-order chi connectivity index (χ0) is 14.3. The molecule has 1 aliphatic heterocycles. The smallest absolute Gasteiger partial charge is 0.258 e. The van der Waals surface area contributed by atoms with Gasteiger partial charge in [-0.05, 0) is 23.8 Å². The van der Waals surface area contributed by atoms with Gasteiger partial charge in [0.05, 0.1) is 5.69 Å². The molecule has 1 atom stereocenters. The molecule has 0 radical (unpaired) electrons. The number of carbonyl (C=O) groups excluding carboxylic acids is 2. The van der Waals surface area contributed by atoms with Crippen LogP contribution in [0.25, 0.3) is 0 Å². The SMILES string of the molecule is O=C1Nc2ccc(F)cc2C(=O)[C@]1(Cl)c1ccccc1. The Bertz CT molecular complexity index is 717. The lowest BCUT2D eigenvalue weighted by atomic mass is 9.85. The molecule has 100 valence electrons. The fraction of sp³-hybridized carbons (Fsp3) is 0.0667. The fourth-order valence-corrected chi connectivity index (χ4v) is 2.52. The number of benzene rings is 2. The van der Waals surface area contributed by atoms with Crippen molar-refractivity contribution in [3.8, 4) is 0 Å². The quantitative estimate of drug-likeness (QED) is 0.648. The van der Waals surface area contributed by atoms with Gasteiger partial charge in [-0.2, -0.15) is 0 Å². The Morgan fingerprint density at radius 1 is 1.05 bits per heavy atom. The van der Waals surface area contributed by atoms with Crippen molar-refractivity contribution in [2.75, 3.05) is 5.32 Å². The van der Waals surface area contributed by atoms with Crippen LogP contribution in [0.4, 0.5) is 10.1 Å². The molecule has 1 N–H and O–H groups in total. The number of alkyl halides is 1. The molecule has 0 saturated heterocycles. The highest BCUT2D eigenvalue weighted by atomic mass is 35.5. The monoisotopic (exact) mass is 289 g/mol. The molecule has 3 rings (SSSR count). The summed E-state index contributed by atoms with van der Waals surface area (Å²) in [5.74, 6) is -1.81. The van der Waals surface area contributed by atoms with Crippen molar-refractivity contribution >= 4 is 29.0 Å². The van der Waals surface area contributed by atoms with Gasteiger partial charge in [0.15, 0.2) is 5.78 Å². The first kappa shape index (κ1) is 12.8. The lowest BCUT2D eigenvalue weighted by Crippen LogP contribution is -2.46. The Morgan fingerprint density at radius 3 is 2.45 bits per heavy atom. The first-order valence-corrected chi connectivity index (χ1v) is 6.31. The molecular formula is C15H9ClFNO2. The van der Waals surface area contributed by atoms with Crippen LogP contribution >= 0.6 is 11.6 Å². The Balaban J connectivity index is 2.20. The van der Waals surface area contributed by atoms with Gasteiger partial charge >= 0.3 is 0 Å². The minimum atomic E-state index is -1.86. The molecular weight excluding hydrogens is 281 g/mol. The molecule has 0 aromatic heterocycles. The Hall–Kier alpha value is -2.20. The van der Waals surface area contributed by atoms with Crippen LogP contribution in [0.2, 0.25) is 0 Å². The van der Waals surface area contributed by atoms with Gasteiger partial charge in [0, 0.05) is 5.56 Å². The molecule has 0 saturated carbocycles. The zero-order valence-electron chi connectivity index (χ0n) is 10.2. The summed E-state index contributed by atoms with van der Waals surface area (Å²) in [6, 6.07) is 11.9. The standard InChI is InChI=1S/C15H9ClFNO2/c16-15(9-4-2-1-3-5-9)13(19)11-8-10(17)6-7-12(11)18-14(15)20/h1-8H,(H,18,20)/t15-/m1/s1. The second kappa shape index (κ2) is 4.42. The molecule has 0 aliphatic carbocycles. The second-order valence-corrected chi connectivity index (χ2v) is 5.06. The van der Waals surface area contributed by atoms with Crippen molar-refractivity contribution in [1.82, 2.24) is 0 Å². The Morgan fingerprint density at radius 2 is 1.75 bits per heavy atom. The number of rotatable bonds is 1. The number of hydrogen-bond donors (Lipinski definition) is 1. The number of halogens is 2. The van der Waals surface area contributed by atoms with E-state index < -0.39 is 22.4 Å². The second-order valence-electron chi connectivity index (χ2n) is 4.50. The highest BCUT2D eigenvalue weighted by Crippen LogP contribution is 2.40. The molecule has 5 heteroatoms. The molecule has 20 heavy (non-hydrogen) atoms. The summed E-state index contributed by atoms with van der Waals surface area (Å²) in [4.78, 5) is 22.9. The molecule has 2 aromatic rings. The van der Waals surface area contributed by atoms with Crippen LogP contribution in [0, 0.1) is 5.82 Å². The largest absolute Gasteiger partial charge is 0.323 e. The number of fused-ring (bicyclic) bond motifs is 1. The predicted octanol–water partition coefficient (Wildman–Crippen LogP) is 3.09.